The summed E-state index contributed by atoms with van der Waals surface area (Å²) < 4.78 is 6.31. The Morgan fingerprint density at radius 3 is 2.62 bits per heavy atom. The molecule has 0 saturated heterocycles. The lowest BCUT2D eigenvalue weighted by atomic mass is 10.0. The van der Waals surface area contributed by atoms with Crippen molar-refractivity contribution in [1.29, 1.82) is 5.26 Å². The van der Waals surface area contributed by atoms with Crippen LogP contribution in [0, 0.1) is 18.3 Å². The van der Waals surface area contributed by atoms with Crippen molar-refractivity contribution < 1.29 is 4.74 Å². The lowest BCUT2D eigenvalue weighted by Gasteiger charge is -2.20. The fraction of sp³-hybridized carbons (Fsp3) is 0.235. The van der Waals surface area contributed by atoms with Crippen LogP contribution in [0.25, 0.3) is 0 Å². The van der Waals surface area contributed by atoms with E-state index in [1.807, 2.05) is 24.3 Å². The van der Waals surface area contributed by atoms with Crippen LogP contribution in [0.15, 0.2) is 40.9 Å². The number of anilines is 1. The number of ether oxygens (including phenoxy) is 1. The van der Waals surface area contributed by atoms with Gasteiger partial charge in [0.05, 0.1) is 24.8 Å². The zero-order valence-electron chi connectivity index (χ0n) is 12.3. The summed E-state index contributed by atoms with van der Waals surface area (Å²) in [6, 6.07) is 13.9. The summed E-state index contributed by atoms with van der Waals surface area (Å²) in [7, 11) is 1.68. The Hall–Kier alpha value is -1.99. The Morgan fingerprint density at radius 2 is 2.00 bits per heavy atom. The van der Waals surface area contributed by atoms with Gasteiger partial charge in [-0.15, -0.1) is 0 Å². The van der Waals surface area contributed by atoms with E-state index >= 15 is 0 Å². The van der Waals surface area contributed by atoms with Crippen LogP contribution < -0.4 is 10.1 Å². The fourth-order valence-corrected chi connectivity index (χ4v) is 2.70. The largest absolute Gasteiger partial charge is 0.496 e. The number of methoxy groups -OCH3 is 1. The molecule has 21 heavy (non-hydrogen) atoms. The molecule has 108 valence electrons. The molecule has 0 amide bonds. The third kappa shape index (κ3) is 3.56. The molecule has 0 radical (unpaired) electrons. The van der Waals surface area contributed by atoms with E-state index in [4.69, 9.17) is 10.00 Å². The first-order valence-corrected chi connectivity index (χ1v) is 7.45. The lowest BCUT2D eigenvalue weighted by molar-refractivity contribution is 0.408. The van der Waals surface area contributed by atoms with Gasteiger partial charge >= 0.3 is 0 Å². The molecule has 0 aliphatic rings. The SMILES string of the molecule is COc1ccc(C)cc1C(C)Nc1ccc(C#N)cc1Br. The van der Waals surface area contributed by atoms with Crippen LogP contribution in [0.1, 0.15) is 29.7 Å². The predicted molar refractivity (Wildman–Crippen MR) is 88.6 cm³/mol. The second kappa shape index (κ2) is 6.64. The topological polar surface area (TPSA) is 45.0 Å². The number of hydrogen-bond donors (Lipinski definition) is 1. The first-order chi connectivity index (χ1) is 10.0. The molecule has 0 spiro atoms. The van der Waals surface area contributed by atoms with E-state index in [1.54, 1.807) is 13.2 Å². The highest BCUT2D eigenvalue weighted by atomic mass is 79.9. The van der Waals surface area contributed by atoms with Crippen LogP contribution in [0.3, 0.4) is 0 Å². The van der Waals surface area contributed by atoms with Gasteiger partial charge < -0.3 is 10.1 Å². The molecule has 0 fully saturated rings. The minimum atomic E-state index is 0.0871. The Bertz CT molecular complexity index is 692. The highest BCUT2D eigenvalue weighted by Crippen LogP contribution is 2.31. The van der Waals surface area contributed by atoms with Gasteiger partial charge in [0.2, 0.25) is 0 Å². The Morgan fingerprint density at radius 1 is 1.24 bits per heavy atom. The molecule has 2 aromatic carbocycles. The number of hydrogen-bond acceptors (Lipinski definition) is 3. The van der Waals surface area contributed by atoms with Gasteiger partial charge in [-0.05, 0) is 54.0 Å². The summed E-state index contributed by atoms with van der Waals surface area (Å²) in [5.74, 6) is 0.866. The standard InChI is InChI=1S/C17H17BrN2O/c1-11-4-7-17(21-3)14(8-11)12(2)20-16-6-5-13(10-19)9-15(16)18/h4-9,12,20H,1-3H3. The number of halogens is 1. The summed E-state index contributed by atoms with van der Waals surface area (Å²) in [5, 5.41) is 12.3. The summed E-state index contributed by atoms with van der Waals surface area (Å²) in [4.78, 5) is 0. The van der Waals surface area contributed by atoms with Gasteiger partial charge in [0.25, 0.3) is 0 Å². The van der Waals surface area contributed by atoms with Crippen molar-refractivity contribution in [3.63, 3.8) is 0 Å². The van der Waals surface area contributed by atoms with Crippen LogP contribution in [0.5, 0.6) is 5.75 Å². The summed E-state index contributed by atoms with van der Waals surface area (Å²) in [5.41, 5.74) is 3.88. The monoisotopic (exact) mass is 344 g/mol. The number of nitrogens with one attached hydrogen (secondary N) is 1. The summed E-state index contributed by atoms with van der Waals surface area (Å²) >= 11 is 3.49. The number of nitrogens with zero attached hydrogens (tertiary/aromatic N) is 1. The van der Waals surface area contributed by atoms with E-state index in [-0.39, 0.29) is 6.04 Å². The highest BCUT2D eigenvalue weighted by Gasteiger charge is 2.13. The molecule has 0 heterocycles. The van der Waals surface area contributed by atoms with Crippen molar-refractivity contribution in [3.05, 3.63) is 57.6 Å². The van der Waals surface area contributed by atoms with Gasteiger partial charge in [-0.25, -0.2) is 0 Å². The first kappa shape index (κ1) is 15.4. The second-order valence-electron chi connectivity index (χ2n) is 4.92. The number of benzene rings is 2. The summed E-state index contributed by atoms with van der Waals surface area (Å²) in [6.45, 7) is 4.15. The molecule has 2 rings (SSSR count). The number of rotatable bonds is 4. The van der Waals surface area contributed by atoms with E-state index in [0.29, 0.717) is 5.56 Å². The Balaban J connectivity index is 2.28. The first-order valence-electron chi connectivity index (χ1n) is 6.66. The Labute approximate surface area is 133 Å². The minimum absolute atomic E-state index is 0.0871. The molecule has 2 aromatic rings. The molecule has 0 aliphatic carbocycles. The molecule has 0 aromatic heterocycles. The van der Waals surface area contributed by atoms with Crippen LogP contribution in [0.2, 0.25) is 0 Å². The summed E-state index contributed by atoms with van der Waals surface area (Å²) in [6.07, 6.45) is 0. The van der Waals surface area contributed by atoms with Crippen molar-refractivity contribution in [1.82, 2.24) is 0 Å². The maximum atomic E-state index is 8.90. The highest BCUT2D eigenvalue weighted by molar-refractivity contribution is 9.10. The van der Waals surface area contributed by atoms with Crippen molar-refractivity contribution in [2.75, 3.05) is 12.4 Å². The third-order valence-electron chi connectivity index (χ3n) is 3.32. The van der Waals surface area contributed by atoms with Gasteiger partial charge in [-0.1, -0.05) is 17.7 Å². The predicted octanol–water partition coefficient (Wildman–Crippen LogP) is 4.81. The minimum Gasteiger partial charge on any atom is -0.496 e. The maximum Gasteiger partial charge on any atom is 0.124 e. The lowest BCUT2D eigenvalue weighted by Crippen LogP contribution is -2.09. The van der Waals surface area contributed by atoms with E-state index in [0.717, 1.165) is 21.5 Å². The zero-order chi connectivity index (χ0) is 15.4. The number of aryl methyl sites for hydroxylation is 1. The van der Waals surface area contributed by atoms with E-state index in [1.165, 1.54) is 5.56 Å². The molecule has 1 atom stereocenters. The van der Waals surface area contributed by atoms with Gasteiger partial charge in [0.1, 0.15) is 5.75 Å². The average molecular weight is 345 g/mol. The fourth-order valence-electron chi connectivity index (χ4n) is 2.20. The molecule has 0 aliphatic heterocycles. The van der Waals surface area contributed by atoms with Crippen molar-refractivity contribution >= 4 is 21.6 Å². The van der Waals surface area contributed by atoms with Gasteiger partial charge in [-0.3, -0.25) is 0 Å². The van der Waals surface area contributed by atoms with Crippen LogP contribution in [-0.4, -0.2) is 7.11 Å². The molecule has 1 unspecified atom stereocenters. The zero-order valence-corrected chi connectivity index (χ0v) is 13.9. The molecule has 0 bridgehead atoms. The van der Waals surface area contributed by atoms with Crippen molar-refractivity contribution in [2.24, 2.45) is 0 Å². The van der Waals surface area contributed by atoms with Crippen LogP contribution >= 0.6 is 15.9 Å². The average Bonchev–Trinajstić information content (AvgIpc) is 2.49. The van der Waals surface area contributed by atoms with E-state index < -0.39 is 0 Å². The quantitative estimate of drug-likeness (QED) is 0.865. The molecular weight excluding hydrogens is 328 g/mol. The Kier molecular flexibility index (Phi) is 4.87. The van der Waals surface area contributed by atoms with Gasteiger partial charge in [0.15, 0.2) is 0 Å². The van der Waals surface area contributed by atoms with Gasteiger partial charge in [0, 0.05) is 15.7 Å². The second-order valence-corrected chi connectivity index (χ2v) is 5.77. The van der Waals surface area contributed by atoms with Gasteiger partial charge in [-0.2, -0.15) is 5.26 Å². The van der Waals surface area contributed by atoms with Crippen molar-refractivity contribution in [2.45, 2.75) is 19.9 Å². The van der Waals surface area contributed by atoms with E-state index in [2.05, 4.69) is 47.2 Å². The van der Waals surface area contributed by atoms with E-state index in [9.17, 15) is 0 Å². The molecule has 3 nitrogen and oxygen atoms in total. The molecule has 4 heteroatoms. The molecule has 1 N–H and O–H groups in total. The molecular formula is C17H17BrN2O. The number of nitriles is 1. The van der Waals surface area contributed by atoms with Crippen molar-refractivity contribution in [3.8, 4) is 11.8 Å². The smallest absolute Gasteiger partial charge is 0.124 e. The van der Waals surface area contributed by atoms with Crippen LogP contribution in [0.4, 0.5) is 5.69 Å². The van der Waals surface area contributed by atoms with Crippen LogP contribution in [-0.2, 0) is 0 Å². The molecule has 0 saturated carbocycles. The normalized spacial score (nSPS) is 11.6. The third-order valence-corrected chi connectivity index (χ3v) is 3.98. The maximum absolute atomic E-state index is 8.90.